The fraction of sp³-hybridized carbons (Fsp3) is 0.400. The number of hydrogen-bond acceptors (Lipinski definition) is 3. The Morgan fingerprint density at radius 1 is 1.16 bits per heavy atom. The highest BCUT2D eigenvalue weighted by Crippen LogP contribution is 2.64. The summed E-state index contributed by atoms with van der Waals surface area (Å²) in [5, 5.41) is 3.99. The van der Waals surface area contributed by atoms with Crippen molar-refractivity contribution in [2.24, 2.45) is 11.8 Å². The average Bonchev–Trinajstić information content (AvgIpc) is 2.78. The molecule has 0 amide bonds. The number of halogens is 1. The van der Waals surface area contributed by atoms with Crippen LogP contribution in [0, 0.1) is 11.8 Å². The van der Waals surface area contributed by atoms with E-state index in [9.17, 15) is 0 Å². The second kappa shape index (κ2) is 4.10. The molecule has 2 aromatic rings. The first-order chi connectivity index (χ1) is 9.25. The molecule has 0 aliphatic heterocycles. The highest BCUT2D eigenvalue weighted by molar-refractivity contribution is 9.10. The van der Waals surface area contributed by atoms with E-state index < -0.39 is 0 Å². The van der Waals surface area contributed by atoms with Crippen LogP contribution >= 0.6 is 15.9 Å². The van der Waals surface area contributed by atoms with Crippen LogP contribution in [0.4, 0.5) is 5.82 Å². The minimum absolute atomic E-state index is 0.516. The Morgan fingerprint density at radius 3 is 2.53 bits per heavy atom. The average molecular weight is 319 g/mol. The predicted octanol–water partition coefficient (Wildman–Crippen LogP) is 4.20. The number of nitrogens with zero attached hydrogens (tertiary/aromatic N) is 1. The van der Waals surface area contributed by atoms with Crippen molar-refractivity contribution in [1.82, 2.24) is 5.16 Å². The van der Waals surface area contributed by atoms with Crippen LogP contribution in [0.15, 0.2) is 33.3 Å². The normalized spacial score (nSPS) is 28.4. The number of fused-ring (bicyclic) bond motifs is 1. The van der Waals surface area contributed by atoms with Crippen molar-refractivity contribution in [3.8, 4) is 11.1 Å². The van der Waals surface area contributed by atoms with Gasteiger partial charge in [0, 0.05) is 10.4 Å². The summed E-state index contributed by atoms with van der Waals surface area (Å²) in [4.78, 5) is 0. The molecule has 1 aromatic carbocycles. The number of hydrogen-bond donors (Lipinski definition) is 1. The maximum atomic E-state index is 6.01. The van der Waals surface area contributed by atoms with Crippen molar-refractivity contribution in [2.45, 2.75) is 25.2 Å². The van der Waals surface area contributed by atoms with Crippen LogP contribution in [0.25, 0.3) is 11.1 Å². The molecule has 2 saturated carbocycles. The first-order valence-corrected chi connectivity index (χ1v) is 7.56. The van der Waals surface area contributed by atoms with Gasteiger partial charge in [-0.3, -0.25) is 0 Å². The van der Waals surface area contributed by atoms with E-state index in [4.69, 9.17) is 10.3 Å². The van der Waals surface area contributed by atoms with E-state index in [1.54, 1.807) is 0 Å². The summed E-state index contributed by atoms with van der Waals surface area (Å²) in [6.07, 6.45) is 4.02. The van der Waals surface area contributed by atoms with Crippen molar-refractivity contribution < 1.29 is 4.52 Å². The van der Waals surface area contributed by atoms with Gasteiger partial charge < -0.3 is 10.3 Å². The van der Waals surface area contributed by atoms with Gasteiger partial charge in [0.25, 0.3) is 0 Å². The van der Waals surface area contributed by atoms with Gasteiger partial charge in [0.15, 0.2) is 5.82 Å². The Kier molecular flexibility index (Phi) is 2.49. The standard InChI is InChI=1S/C15H15BrN2O/c16-9-6-4-8(5-7-9)12-14(19-18-15(12)17)13-10-2-1-3-11(10)13/h4-7,10-11,13H,1-3H2,(H2,17,18). The molecule has 0 spiro atoms. The molecule has 1 heterocycles. The van der Waals surface area contributed by atoms with Crippen molar-refractivity contribution in [3.05, 3.63) is 34.5 Å². The molecule has 3 nitrogen and oxygen atoms in total. The number of rotatable bonds is 2. The van der Waals surface area contributed by atoms with Crippen LogP contribution in [0.5, 0.6) is 0 Å². The molecular weight excluding hydrogens is 304 g/mol. The van der Waals surface area contributed by atoms with Crippen LogP contribution < -0.4 is 5.73 Å². The van der Waals surface area contributed by atoms with Crippen LogP contribution in [0.3, 0.4) is 0 Å². The van der Waals surface area contributed by atoms with Crippen molar-refractivity contribution >= 4 is 21.7 Å². The molecule has 1 aromatic heterocycles. The smallest absolute Gasteiger partial charge is 0.175 e. The summed E-state index contributed by atoms with van der Waals surface area (Å²) in [7, 11) is 0. The lowest BCUT2D eigenvalue weighted by atomic mass is 10.0. The van der Waals surface area contributed by atoms with E-state index in [1.165, 1.54) is 19.3 Å². The van der Waals surface area contributed by atoms with Gasteiger partial charge in [0.05, 0.1) is 5.56 Å². The first-order valence-electron chi connectivity index (χ1n) is 6.76. The molecular formula is C15H15BrN2O. The molecule has 19 heavy (non-hydrogen) atoms. The van der Waals surface area contributed by atoms with Crippen molar-refractivity contribution in [1.29, 1.82) is 0 Å². The third-order valence-electron chi connectivity index (χ3n) is 4.59. The Balaban J connectivity index is 1.75. The minimum atomic E-state index is 0.516. The van der Waals surface area contributed by atoms with Crippen molar-refractivity contribution in [3.63, 3.8) is 0 Å². The number of aromatic nitrogens is 1. The third kappa shape index (κ3) is 1.73. The molecule has 0 bridgehead atoms. The Labute approximate surface area is 120 Å². The molecule has 2 aliphatic carbocycles. The lowest BCUT2D eigenvalue weighted by Crippen LogP contribution is -1.92. The maximum Gasteiger partial charge on any atom is 0.175 e. The van der Waals surface area contributed by atoms with Crippen LogP contribution in [0.1, 0.15) is 30.9 Å². The van der Waals surface area contributed by atoms with Gasteiger partial charge in [-0.15, -0.1) is 0 Å². The SMILES string of the molecule is Nc1noc(C2C3CCCC32)c1-c1ccc(Br)cc1. The summed E-state index contributed by atoms with van der Waals surface area (Å²) in [6.45, 7) is 0. The van der Waals surface area contributed by atoms with Gasteiger partial charge in [-0.25, -0.2) is 0 Å². The fourth-order valence-corrected chi connectivity index (χ4v) is 3.92. The summed E-state index contributed by atoms with van der Waals surface area (Å²) in [6, 6.07) is 8.18. The van der Waals surface area contributed by atoms with Crippen LogP contribution in [0.2, 0.25) is 0 Å². The summed E-state index contributed by atoms with van der Waals surface area (Å²) in [5.74, 6) is 3.69. The van der Waals surface area contributed by atoms with Crippen LogP contribution in [-0.4, -0.2) is 5.16 Å². The fourth-order valence-electron chi connectivity index (χ4n) is 3.66. The van der Waals surface area contributed by atoms with E-state index in [-0.39, 0.29) is 0 Å². The first kappa shape index (κ1) is 11.5. The molecule has 2 fully saturated rings. The van der Waals surface area contributed by atoms with Gasteiger partial charge in [0.1, 0.15) is 5.76 Å². The zero-order valence-electron chi connectivity index (χ0n) is 10.5. The molecule has 2 N–H and O–H groups in total. The number of nitrogen functional groups attached to an aromatic ring is 1. The quantitative estimate of drug-likeness (QED) is 0.902. The summed E-state index contributed by atoms with van der Waals surface area (Å²) < 4.78 is 6.62. The Morgan fingerprint density at radius 2 is 1.84 bits per heavy atom. The van der Waals surface area contributed by atoms with Crippen molar-refractivity contribution in [2.75, 3.05) is 5.73 Å². The topological polar surface area (TPSA) is 52.0 Å². The number of nitrogens with two attached hydrogens (primary N) is 1. The second-order valence-corrected chi connectivity index (χ2v) is 6.51. The molecule has 2 atom stereocenters. The van der Waals surface area contributed by atoms with Gasteiger partial charge in [-0.05, 0) is 42.4 Å². The number of benzene rings is 1. The number of anilines is 1. The molecule has 2 aliphatic rings. The highest BCUT2D eigenvalue weighted by atomic mass is 79.9. The van der Waals surface area contributed by atoms with E-state index in [1.807, 2.05) is 12.1 Å². The molecule has 4 rings (SSSR count). The molecule has 0 radical (unpaired) electrons. The lowest BCUT2D eigenvalue weighted by molar-refractivity contribution is 0.376. The van der Waals surface area contributed by atoms with E-state index in [2.05, 4.69) is 33.2 Å². The predicted molar refractivity (Wildman–Crippen MR) is 77.6 cm³/mol. The molecule has 2 unspecified atom stereocenters. The van der Waals surface area contributed by atoms with Gasteiger partial charge in [0.2, 0.25) is 0 Å². The summed E-state index contributed by atoms with van der Waals surface area (Å²) >= 11 is 3.46. The van der Waals surface area contributed by atoms with E-state index in [0.29, 0.717) is 11.7 Å². The highest BCUT2D eigenvalue weighted by Gasteiger charge is 2.56. The monoisotopic (exact) mass is 318 g/mol. The summed E-state index contributed by atoms with van der Waals surface area (Å²) in [5.41, 5.74) is 8.12. The van der Waals surface area contributed by atoms with Crippen LogP contribution in [-0.2, 0) is 0 Å². The molecule has 98 valence electrons. The van der Waals surface area contributed by atoms with Gasteiger partial charge in [-0.2, -0.15) is 0 Å². The van der Waals surface area contributed by atoms with E-state index in [0.717, 1.165) is 33.2 Å². The minimum Gasteiger partial charge on any atom is -0.380 e. The molecule has 0 saturated heterocycles. The molecule has 4 heteroatoms. The second-order valence-electron chi connectivity index (χ2n) is 5.60. The Bertz CT molecular complexity index is 610. The maximum absolute atomic E-state index is 6.01. The Hall–Kier alpha value is -1.29. The van der Waals surface area contributed by atoms with Gasteiger partial charge in [-0.1, -0.05) is 39.6 Å². The lowest BCUT2D eigenvalue weighted by Gasteiger charge is -2.04. The third-order valence-corrected chi connectivity index (χ3v) is 5.12. The zero-order valence-corrected chi connectivity index (χ0v) is 12.1. The van der Waals surface area contributed by atoms with Gasteiger partial charge >= 0.3 is 0 Å². The van der Waals surface area contributed by atoms with E-state index >= 15 is 0 Å². The zero-order chi connectivity index (χ0) is 13.0. The largest absolute Gasteiger partial charge is 0.380 e.